The van der Waals surface area contributed by atoms with Crippen LogP contribution < -0.4 is 0 Å². The Kier molecular flexibility index (Phi) is 49.5. The second-order valence-corrected chi connectivity index (χ2v) is 1.22. The molecule has 0 radical (unpaired) electrons. The van der Waals surface area contributed by atoms with Crippen LogP contribution in [0.5, 0.6) is 0 Å². The van der Waals surface area contributed by atoms with E-state index in [9.17, 15) is 0 Å². The van der Waals surface area contributed by atoms with Crippen molar-refractivity contribution >= 4 is 11.8 Å². The van der Waals surface area contributed by atoms with E-state index in [-0.39, 0.29) is 0 Å². The van der Waals surface area contributed by atoms with E-state index >= 15 is 0 Å². The first-order valence-corrected chi connectivity index (χ1v) is 2.90. The van der Waals surface area contributed by atoms with Crippen LogP contribution in [0.15, 0.2) is 0 Å². The van der Waals surface area contributed by atoms with Crippen LogP contribution in [-0.2, 0) is 0 Å². The Bertz CT molecular complexity index is 6.85. The first kappa shape index (κ1) is 9.00. The highest BCUT2D eigenvalue weighted by atomic mass is 32.2. The quantitative estimate of drug-likeness (QED) is 0.474. The van der Waals surface area contributed by atoms with Crippen LogP contribution in [0.4, 0.5) is 0 Å². The van der Waals surface area contributed by atoms with Crippen LogP contribution in [0.2, 0.25) is 0 Å². The Morgan fingerprint density at radius 2 is 1.20 bits per heavy atom. The van der Waals surface area contributed by atoms with Crippen molar-refractivity contribution in [1.82, 2.24) is 0 Å². The van der Waals surface area contributed by atoms with Gasteiger partial charge in [0, 0.05) is 7.11 Å². The van der Waals surface area contributed by atoms with Crippen LogP contribution in [0.25, 0.3) is 0 Å². The summed E-state index contributed by atoms with van der Waals surface area (Å²) in [6, 6.07) is 0. The molecule has 0 aliphatic heterocycles. The van der Waals surface area contributed by atoms with E-state index in [1.807, 2.05) is 12.5 Å². The van der Waals surface area contributed by atoms with Gasteiger partial charge in [0.05, 0.1) is 0 Å². The molecule has 0 rings (SSSR count). The maximum Gasteiger partial charge on any atom is 0.0319 e. The Morgan fingerprint density at radius 3 is 1.20 bits per heavy atom. The predicted molar refractivity (Wildman–Crippen MR) is 27.6 cm³/mol. The fourth-order valence-corrected chi connectivity index (χ4v) is 0. The standard InChI is InChI=1S/C2H6S.CH4O/c1-3-2;1-2/h1-2H3;2H,1H3. The van der Waals surface area contributed by atoms with Crippen molar-refractivity contribution in [3.63, 3.8) is 0 Å². The lowest BCUT2D eigenvalue weighted by Gasteiger charge is -1.51. The summed E-state index contributed by atoms with van der Waals surface area (Å²) in [7, 11) is 1.00. The summed E-state index contributed by atoms with van der Waals surface area (Å²) in [6.07, 6.45) is 4.08. The summed E-state index contributed by atoms with van der Waals surface area (Å²) in [6.45, 7) is 0. The van der Waals surface area contributed by atoms with E-state index in [2.05, 4.69) is 0 Å². The lowest BCUT2D eigenvalue weighted by atomic mass is 11.8. The van der Waals surface area contributed by atoms with Gasteiger partial charge < -0.3 is 5.11 Å². The number of hydrogen-bond acceptors (Lipinski definition) is 2. The van der Waals surface area contributed by atoms with E-state index in [1.54, 1.807) is 11.8 Å². The molecule has 2 heteroatoms. The molecule has 0 atom stereocenters. The van der Waals surface area contributed by atoms with E-state index in [0.717, 1.165) is 7.11 Å². The summed E-state index contributed by atoms with van der Waals surface area (Å²) >= 11 is 1.75. The van der Waals surface area contributed by atoms with Gasteiger partial charge in [-0.3, -0.25) is 0 Å². The third-order valence-corrected chi connectivity index (χ3v) is 0. The van der Waals surface area contributed by atoms with Crippen molar-refractivity contribution in [2.45, 2.75) is 0 Å². The predicted octanol–water partition coefficient (Wildman–Crippen LogP) is 0.588. The van der Waals surface area contributed by atoms with E-state index < -0.39 is 0 Å². The second kappa shape index (κ2) is 27.5. The van der Waals surface area contributed by atoms with Crippen molar-refractivity contribution in [3.05, 3.63) is 0 Å². The topological polar surface area (TPSA) is 20.2 Å². The van der Waals surface area contributed by atoms with Crippen molar-refractivity contribution in [2.24, 2.45) is 0 Å². The fourth-order valence-electron chi connectivity index (χ4n) is 0. The van der Waals surface area contributed by atoms with Crippen molar-refractivity contribution in [2.75, 3.05) is 19.6 Å². The first-order valence-electron chi connectivity index (χ1n) is 1.26. The molecule has 0 saturated heterocycles. The van der Waals surface area contributed by atoms with Gasteiger partial charge in [-0.05, 0) is 12.5 Å². The smallest absolute Gasteiger partial charge is 0.0319 e. The molecule has 0 bridgehead atoms. The van der Waals surface area contributed by atoms with Gasteiger partial charge in [-0.1, -0.05) is 0 Å². The van der Waals surface area contributed by atoms with Crippen LogP contribution in [-0.4, -0.2) is 24.7 Å². The average molecular weight is 94.2 g/mol. The number of aliphatic hydroxyl groups excluding tert-OH is 1. The molecule has 0 aliphatic rings. The molecule has 1 N–H and O–H groups in total. The SMILES string of the molecule is CO.CSC. The third kappa shape index (κ3) is 239. The minimum atomic E-state index is 1.00. The maximum atomic E-state index is 7.00. The molecule has 0 aromatic rings. The molecule has 34 valence electrons. The Hall–Kier alpha value is 0.310. The van der Waals surface area contributed by atoms with Gasteiger partial charge in [-0.2, -0.15) is 11.8 Å². The fraction of sp³-hybridized carbons (Fsp3) is 1.00. The molecule has 0 spiro atoms. The summed E-state index contributed by atoms with van der Waals surface area (Å²) < 4.78 is 0. The van der Waals surface area contributed by atoms with Crippen LogP contribution in [0, 0.1) is 0 Å². The zero-order chi connectivity index (χ0) is 4.71. The number of hydrogen-bond donors (Lipinski definition) is 1. The molecule has 0 aromatic carbocycles. The van der Waals surface area contributed by atoms with Gasteiger partial charge in [-0.15, -0.1) is 0 Å². The normalized spacial score (nSPS) is 4.80. The zero-order valence-electron chi connectivity index (χ0n) is 3.86. The highest BCUT2D eigenvalue weighted by Gasteiger charge is 1.32. The Labute approximate surface area is 37.4 Å². The highest BCUT2D eigenvalue weighted by molar-refractivity contribution is 7.97. The van der Waals surface area contributed by atoms with Crippen molar-refractivity contribution in [3.8, 4) is 0 Å². The third-order valence-electron chi connectivity index (χ3n) is 0. The molecule has 1 nitrogen and oxygen atoms in total. The van der Waals surface area contributed by atoms with E-state index in [1.165, 1.54) is 0 Å². The lowest BCUT2D eigenvalue weighted by Crippen LogP contribution is -1.25. The van der Waals surface area contributed by atoms with Crippen LogP contribution >= 0.6 is 11.8 Å². The maximum absolute atomic E-state index is 7.00. The van der Waals surface area contributed by atoms with Crippen molar-refractivity contribution < 1.29 is 5.11 Å². The Balaban J connectivity index is 0. The van der Waals surface area contributed by atoms with Crippen LogP contribution in [0.3, 0.4) is 0 Å². The monoisotopic (exact) mass is 94.0 g/mol. The molecular weight excluding hydrogens is 84.1 g/mol. The lowest BCUT2D eigenvalue weighted by molar-refractivity contribution is 0.399. The zero-order valence-corrected chi connectivity index (χ0v) is 4.67. The Morgan fingerprint density at radius 1 is 1.20 bits per heavy atom. The number of aliphatic hydroxyl groups is 1. The molecule has 0 heterocycles. The van der Waals surface area contributed by atoms with Gasteiger partial charge >= 0.3 is 0 Å². The summed E-state index contributed by atoms with van der Waals surface area (Å²) in [4.78, 5) is 0. The molecule has 0 aliphatic carbocycles. The molecular formula is C3H10OS. The van der Waals surface area contributed by atoms with Gasteiger partial charge in [0.15, 0.2) is 0 Å². The minimum Gasteiger partial charge on any atom is -0.400 e. The van der Waals surface area contributed by atoms with Gasteiger partial charge in [-0.25, -0.2) is 0 Å². The molecule has 0 saturated carbocycles. The second-order valence-electron chi connectivity index (χ2n) is 0.408. The van der Waals surface area contributed by atoms with Gasteiger partial charge in [0.25, 0.3) is 0 Å². The molecule has 0 fully saturated rings. The number of thioether (sulfide) groups is 1. The van der Waals surface area contributed by atoms with Gasteiger partial charge in [0.2, 0.25) is 0 Å². The summed E-state index contributed by atoms with van der Waals surface area (Å²) in [5.41, 5.74) is 0. The molecule has 0 amide bonds. The largest absolute Gasteiger partial charge is 0.400 e. The van der Waals surface area contributed by atoms with Crippen molar-refractivity contribution in [1.29, 1.82) is 0 Å². The molecule has 0 unspecified atom stereocenters. The van der Waals surface area contributed by atoms with E-state index in [4.69, 9.17) is 5.11 Å². The summed E-state index contributed by atoms with van der Waals surface area (Å²) in [5.74, 6) is 0. The number of rotatable bonds is 0. The minimum absolute atomic E-state index is 1.00. The average Bonchev–Trinajstić information content (AvgIpc) is 1.46. The molecule has 5 heavy (non-hydrogen) atoms. The highest BCUT2D eigenvalue weighted by Crippen LogP contribution is 1.70. The van der Waals surface area contributed by atoms with Crippen LogP contribution in [0.1, 0.15) is 0 Å². The first-order chi connectivity index (χ1) is 2.41. The molecule has 0 aromatic heterocycles. The van der Waals surface area contributed by atoms with Gasteiger partial charge in [0.1, 0.15) is 0 Å². The summed E-state index contributed by atoms with van der Waals surface area (Å²) in [5, 5.41) is 7.00. The van der Waals surface area contributed by atoms with E-state index in [0.29, 0.717) is 0 Å².